The van der Waals surface area contributed by atoms with Crippen LogP contribution in [0.5, 0.6) is 5.88 Å². The highest BCUT2D eigenvalue weighted by Gasteiger charge is 2.17. The molecule has 1 aromatic rings. The maximum absolute atomic E-state index is 12.0. The van der Waals surface area contributed by atoms with Crippen LogP contribution in [0.2, 0.25) is 0 Å². The van der Waals surface area contributed by atoms with Gasteiger partial charge < -0.3 is 15.8 Å². The van der Waals surface area contributed by atoms with Gasteiger partial charge in [-0.1, -0.05) is 13.3 Å². The summed E-state index contributed by atoms with van der Waals surface area (Å²) in [7, 11) is 0. The molecular weight excluding hydrogens is 230 g/mol. The summed E-state index contributed by atoms with van der Waals surface area (Å²) in [5.41, 5.74) is 6.20. The second kappa shape index (κ2) is 7.66. The Hall–Kier alpha value is -1.62. The summed E-state index contributed by atoms with van der Waals surface area (Å²) in [6.45, 7) is 4.77. The number of ether oxygens (including phenoxy) is 1. The fourth-order valence-electron chi connectivity index (χ4n) is 1.68. The molecule has 0 aromatic carbocycles. The third-order valence-corrected chi connectivity index (χ3v) is 2.60. The van der Waals surface area contributed by atoms with Crippen molar-refractivity contribution in [2.45, 2.75) is 26.7 Å². The van der Waals surface area contributed by atoms with Crippen LogP contribution in [-0.2, 0) is 4.79 Å². The first-order chi connectivity index (χ1) is 8.72. The zero-order chi connectivity index (χ0) is 13.4. The number of hydrogen-bond acceptors (Lipinski definition) is 4. The van der Waals surface area contributed by atoms with Crippen LogP contribution in [-0.4, -0.2) is 24.0 Å². The summed E-state index contributed by atoms with van der Waals surface area (Å²) in [6.07, 6.45) is 3.35. The van der Waals surface area contributed by atoms with Crippen molar-refractivity contribution < 1.29 is 9.53 Å². The molecular formula is C13H21N3O2. The van der Waals surface area contributed by atoms with E-state index in [0.29, 0.717) is 24.7 Å². The highest BCUT2D eigenvalue weighted by Crippen LogP contribution is 2.21. The van der Waals surface area contributed by atoms with Gasteiger partial charge in [0.1, 0.15) is 5.69 Å². The number of rotatable bonds is 7. The van der Waals surface area contributed by atoms with Crippen molar-refractivity contribution in [2.75, 3.05) is 18.5 Å². The number of carbonyl (C=O) groups is 1. The van der Waals surface area contributed by atoms with E-state index in [1.54, 1.807) is 18.3 Å². The van der Waals surface area contributed by atoms with E-state index in [-0.39, 0.29) is 11.8 Å². The molecule has 1 atom stereocenters. The van der Waals surface area contributed by atoms with Gasteiger partial charge >= 0.3 is 0 Å². The number of aromatic nitrogens is 1. The SMILES string of the molecule is CCCC(CN)C(=O)Nc1cccnc1OCC. The largest absolute Gasteiger partial charge is 0.476 e. The Morgan fingerprint density at radius 3 is 2.94 bits per heavy atom. The monoisotopic (exact) mass is 251 g/mol. The number of nitrogens with one attached hydrogen (secondary N) is 1. The molecule has 100 valence electrons. The van der Waals surface area contributed by atoms with Crippen LogP contribution in [0.15, 0.2) is 18.3 Å². The van der Waals surface area contributed by atoms with Crippen molar-refractivity contribution in [1.82, 2.24) is 4.98 Å². The van der Waals surface area contributed by atoms with Crippen LogP contribution in [0.4, 0.5) is 5.69 Å². The fourth-order valence-corrected chi connectivity index (χ4v) is 1.68. The average molecular weight is 251 g/mol. The molecule has 1 aromatic heterocycles. The molecule has 0 saturated heterocycles. The predicted octanol–water partition coefficient (Wildman–Crippen LogP) is 1.79. The van der Waals surface area contributed by atoms with Crippen LogP contribution in [0.3, 0.4) is 0 Å². The van der Waals surface area contributed by atoms with Gasteiger partial charge in [-0.15, -0.1) is 0 Å². The van der Waals surface area contributed by atoms with Gasteiger partial charge in [-0.05, 0) is 25.5 Å². The number of anilines is 1. The van der Waals surface area contributed by atoms with Crippen molar-refractivity contribution in [1.29, 1.82) is 0 Å². The maximum Gasteiger partial charge on any atom is 0.237 e. The third-order valence-electron chi connectivity index (χ3n) is 2.60. The Labute approximate surface area is 108 Å². The summed E-state index contributed by atoms with van der Waals surface area (Å²) in [5.74, 6) is 0.207. The standard InChI is InChI=1S/C13H21N3O2/c1-3-6-10(9-14)12(17)16-11-7-5-8-15-13(11)18-4-2/h5,7-8,10H,3-4,6,9,14H2,1-2H3,(H,16,17). The van der Waals surface area contributed by atoms with Gasteiger partial charge in [-0.25, -0.2) is 4.98 Å². The zero-order valence-corrected chi connectivity index (χ0v) is 11.0. The predicted molar refractivity (Wildman–Crippen MR) is 71.5 cm³/mol. The van der Waals surface area contributed by atoms with E-state index < -0.39 is 0 Å². The maximum atomic E-state index is 12.0. The lowest BCUT2D eigenvalue weighted by molar-refractivity contribution is -0.119. The molecule has 1 amide bonds. The number of nitrogens with zero attached hydrogens (tertiary/aromatic N) is 1. The number of nitrogens with two attached hydrogens (primary N) is 1. The lowest BCUT2D eigenvalue weighted by Gasteiger charge is -2.15. The van der Waals surface area contributed by atoms with Crippen LogP contribution in [0, 0.1) is 5.92 Å². The third kappa shape index (κ3) is 4.00. The van der Waals surface area contributed by atoms with E-state index in [4.69, 9.17) is 10.5 Å². The summed E-state index contributed by atoms with van der Waals surface area (Å²) in [6, 6.07) is 3.53. The van der Waals surface area contributed by atoms with Crippen molar-refractivity contribution in [2.24, 2.45) is 11.7 Å². The van der Waals surface area contributed by atoms with Crippen LogP contribution in [0.1, 0.15) is 26.7 Å². The molecule has 3 N–H and O–H groups in total. The van der Waals surface area contributed by atoms with Gasteiger partial charge in [0.2, 0.25) is 11.8 Å². The van der Waals surface area contributed by atoms with Gasteiger partial charge in [0.25, 0.3) is 0 Å². The number of amides is 1. The Bertz CT molecular complexity index is 382. The lowest BCUT2D eigenvalue weighted by Crippen LogP contribution is -2.29. The normalized spacial score (nSPS) is 11.9. The zero-order valence-electron chi connectivity index (χ0n) is 11.0. The van der Waals surface area contributed by atoms with Crippen molar-refractivity contribution in [3.8, 4) is 5.88 Å². The highest BCUT2D eigenvalue weighted by atomic mass is 16.5. The molecule has 0 radical (unpaired) electrons. The van der Waals surface area contributed by atoms with Crippen molar-refractivity contribution in [3.05, 3.63) is 18.3 Å². The molecule has 0 fully saturated rings. The van der Waals surface area contributed by atoms with E-state index >= 15 is 0 Å². The molecule has 0 saturated carbocycles. The minimum absolute atomic E-state index is 0.0756. The molecule has 1 unspecified atom stereocenters. The summed E-state index contributed by atoms with van der Waals surface area (Å²) in [4.78, 5) is 16.1. The first-order valence-electron chi connectivity index (χ1n) is 6.31. The average Bonchev–Trinajstić information content (AvgIpc) is 2.38. The topological polar surface area (TPSA) is 77.2 Å². The second-order valence-corrected chi connectivity index (χ2v) is 4.00. The quantitative estimate of drug-likeness (QED) is 0.774. The molecule has 5 heteroatoms. The van der Waals surface area contributed by atoms with Gasteiger partial charge in [-0.3, -0.25) is 4.79 Å². The molecule has 0 aliphatic rings. The summed E-state index contributed by atoms with van der Waals surface area (Å²) in [5, 5.41) is 2.82. The molecule has 0 aliphatic heterocycles. The Balaban J connectivity index is 2.74. The van der Waals surface area contributed by atoms with Crippen molar-refractivity contribution in [3.63, 3.8) is 0 Å². The number of pyridine rings is 1. The van der Waals surface area contributed by atoms with Gasteiger partial charge in [0, 0.05) is 12.7 Å². The van der Waals surface area contributed by atoms with Gasteiger partial charge in [-0.2, -0.15) is 0 Å². The smallest absolute Gasteiger partial charge is 0.237 e. The van der Waals surface area contributed by atoms with Gasteiger partial charge in [0.15, 0.2) is 0 Å². The fraction of sp³-hybridized carbons (Fsp3) is 0.538. The summed E-state index contributed by atoms with van der Waals surface area (Å²) < 4.78 is 5.35. The molecule has 0 aliphatic carbocycles. The van der Waals surface area contributed by atoms with Gasteiger partial charge in [0.05, 0.1) is 12.5 Å². The minimum atomic E-state index is -0.162. The number of carbonyl (C=O) groups excluding carboxylic acids is 1. The van der Waals surface area contributed by atoms with Crippen molar-refractivity contribution >= 4 is 11.6 Å². The Morgan fingerprint density at radius 1 is 1.56 bits per heavy atom. The van der Waals surface area contributed by atoms with Crippen LogP contribution >= 0.6 is 0 Å². The van der Waals surface area contributed by atoms with E-state index in [1.807, 2.05) is 13.8 Å². The first-order valence-corrected chi connectivity index (χ1v) is 6.31. The van der Waals surface area contributed by atoms with E-state index in [2.05, 4.69) is 10.3 Å². The molecule has 1 rings (SSSR count). The molecule has 1 heterocycles. The van der Waals surface area contributed by atoms with E-state index in [1.165, 1.54) is 0 Å². The lowest BCUT2D eigenvalue weighted by atomic mass is 10.0. The van der Waals surface area contributed by atoms with E-state index in [9.17, 15) is 4.79 Å². The molecule has 0 bridgehead atoms. The highest BCUT2D eigenvalue weighted by molar-refractivity contribution is 5.93. The molecule has 18 heavy (non-hydrogen) atoms. The molecule has 0 spiro atoms. The first kappa shape index (κ1) is 14.4. The van der Waals surface area contributed by atoms with Crippen LogP contribution < -0.4 is 15.8 Å². The van der Waals surface area contributed by atoms with E-state index in [0.717, 1.165) is 12.8 Å². The second-order valence-electron chi connectivity index (χ2n) is 4.00. The number of hydrogen-bond donors (Lipinski definition) is 2. The molecule has 5 nitrogen and oxygen atoms in total. The minimum Gasteiger partial charge on any atom is -0.476 e. The Kier molecular flexibility index (Phi) is 6.14. The summed E-state index contributed by atoms with van der Waals surface area (Å²) >= 11 is 0. The Morgan fingerprint density at radius 2 is 2.33 bits per heavy atom. The van der Waals surface area contributed by atoms with Crippen LogP contribution in [0.25, 0.3) is 0 Å².